The molecule has 1 N–H and O–H groups in total. The van der Waals surface area contributed by atoms with E-state index >= 15 is 0 Å². The fourth-order valence-electron chi connectivity index (χ4n) is 3.88. The Labute approximate surface area is 130 Å². The molecule has 3 nitrogen and oxygen atoms in total. The summed E-state index contributed by atoms with van der Waals surface area (Å²) in [7, 11) is 2.09. The van der Waals surface area contributed by atoms with E-state index in [-0.39, 0.29) is 0 Å². The Balaban J connectivity index is 1.99. The number of hydrogen-bond acceptors (Lipinski definition) is 2. The Morgan fingerprint density at radius 1 is 1.29 bits per heavy atom. The number of aromatic nitrogens is 2. The Bertz CT molecular complexity index is 422. The lowest BCUT2D eigenvalue weighted by Gasteiger charge is -2.39. The summed E-state index contributed by atoms with van der Waals surface area (Å²) in [4.78, 5) is 0. The van der Waals surface area contributed by atoms with Crippen molar-refractivity contribution in [2.45, 2.75) is 72.4 Å². The fourth-order valence-corrected chi connectivity index (χ4v) is 3.88. The minimum absolute atomic E-state index is 0.464. The van der Waals surface area contributed by atoms with Gasteiger partial charge in [0.15, 0.2) is 0 Å². The Kier molecular flexibility index (Phi) is 5.48. The molecule has 0 amide bonds. The first-order chi connectivity index (χ1) is 9.95. The zero-order chi connectivity index (χ0) is 15.5. The lowest BCUT2D eigenvalue weighted by Crippen LogP contribution is -2.32. The van der Waals surface area contributed by atoms with Gasteiger partial charge in [-0.1, -0.05) is 27.7 Å². The molecular weight excluding hydrogens is 258 g/mol. The molecule has 0 aliphatic heterocycles. The molecule has 0 saturated heterocycles. The highest BCUT2D eigenvalue weighted by Crippen LogP contribution is 2.43. The van der Waals surface area contributed by atoms with Gasteiger partial charge in [0.2, 0.25) is 0 Å². The summed E-state index contributed by atoms with van der Waals surface area (Å²) < 4.78 is 2.08. The predicted molar refractivity (Wildman–Crippen MR) is 89.2 cm³/mol. The van der Waals surface area contributed by atoms with Gasteiger partial charge in [-0.2, -0.15) is 5.10 Å². The first-order valence-corrected chi connectivity index (χ1v) is 8.65. The molecule has 1 heterocycles. The van der Waals surface area contributed by atoms with Crippen LogP contribution in [0.4, 0.5) is 0 Å². The van der Waals surface area contributed by atoms with E-state index in [1.165, 1.54) is 31.2 Å². The average molecular weight is 291 g/mol. The lowest BCUT2D eigenvalue weighted by atomic mass is 9.68. The molecule has 21 heavy (non-hydrogen) atoms. The van der Waals surface area contributed by atoms with Crippen molar-refractivity contribution in [3.05, 3.63) is 18.0 Å². The monoisotopic (exact) mass is 291 g/mol. The van der Waals surface area contributed by atoms with Crippen LogP contribution in [0, 0.1) is 17.3 Å². The minimum Gasteiger partial charge on any atom is -0.313 e. The van der Waals surface area contributed by atoms with Gasteiger partial charge in [-0.15, -0.1) is 0 Å². The highest BCUT2D eigenvalue weighted by Gasteiger charge is 2.33. The molecule has 1 unspecified atom stereocenters. The van der Waals surface area contributed by atoms with Crippen LogP contribution in [0.1, 0.15) is 71.4 Å². The third-order valence-electron chi connectivity index (χ3n) is 5.24. The van der Waals surface area contributed by atoms with Gasteiger partial charge in [0, 0.05) is 24.3 Å². The van der Waals surface area contributed by atoms with Crippen LogP contribution in [0.2, 0.25) is 0 Å². The third kappa shape index (κ3) is 4.09. The minimum atomic E-state index is 0.464. The summed E-state index contributed by atoms with van der Waals surface area (Å²) >= 11 is 0. The van der Waals surface area contributed by atoms with Crippen LogP contribution in [0.15, 0.2) is 12.4 Å². The van der Waals surface area contributed by atoms with E-state index in [9.17, 15) is 0 Å². The van der Waals surface area contributed by atoms with Crippen LogP contribution >= 0.6 is 0 Å². The van der Waals surface area contributed by atoms with Crippen molar-refractivity contribution in [2.24, 2.45) is 17.3 Å². The lowest BCUT2D eigenvalue weighted by molar-refractivity contribution is 0.134. The average Bonchev–Trinajstić information content (AvgIpc) is 2.88. The Morgan fingerprint density at radius 3 is 2.48 bits per heavy atom. The molecule has 3 heteroatoms. The van der Waals surface area contributed by atoms with Gasteiger partial charge in [0.05, 0.1) is 6.20 Å². The number of aryl methyl sites for hydroxylation is 1. The van der Waals surface area contributed by atoms with Crippen molar-refractivity contribution < 1.29 is 0 Å². The largest absolute Gasteiger partial charge is 0.313 e. The Hall–Kier alpha value is -0.830. The van der Waals surface area contributed by atoms with Crippen LogP contribution in [0.5, 0.6) is 0 Å². The number of nitrogens with one attached hydrogen (secondary N) is 1. The zero-order valence-electron chi connectivity index (χ0n) is 14.5. The van der Waals surface area contributed by atoms with Gasteiger partial charge in [-0.25, -0.2) is 0 Å². The molecule has 1 fully saturated rings. The topological polar surface area (TPSA) is 29.9 Å². The maximum absolute atomic E-state index is 4.50. The molecule has 1 aliphatic rings. The van der Waals surface area contributed by atoms with Gasteiger partial charge >= 0.3 is 0 Å². The van der Waals surface area contributed by atoms with Crippen molar-refractivity contribution in [3.8, 4) is 0 Å². The second kappa shape index (κ2) is 6.95. The molecule has 1 aromatic heterocycles. The van der Waals surface area contributed by atoms with E-state index in [2.05, 4.69) is 62.2 Å². The van der Waals surface area contributed by atoms with Crippen molar-refractivity contribution in [3.63, 3.8) is 0 Å². The van der Waals surface area contributed by atoms with Gasteiger partial charge in [0.1, 0.15) is 0 Å². The first-order valence-electron chi connectivity index (χ1n) is 8.65. The summed E-state index contributed by atoms with van der Waals surface area (Å²) in [5, 5.41) is 8.04. The van der Waals surface area contributed by atoms with Gasteiger partial charge < -0.3 is 5.32 Å². The van der Waals surface area contributed by atoms with Crippen LogP contribution in [0.3, 0.4) is 0 Å². The van der Waals surface area contributed by atoms with Crippen LogP contribution in [-0.2, 0) is 6.54 Å². The molecule has 2 rings (SSSR count). The summed E-state index contributed by atoms with van der Waals surface area (Å²) in [6.45, 7) is 10.4. The van der Waals surface area contributed by atoms with E-state index in [1.807, 2.05) is 0 Å². The van der Waals surface area contributed by atoms with Crippen molar-refractivity contribution >= 4 is 0 Å². The second-order valence-corrected chi connectivity index (χ2v) is 7.78. The molecule has 1 aliphatic carbocycles. The molecule has 0 radical (unpaired) electrons. The molecule has 1 aromatic rings. The SMILES string of the molecule is CCCn1cc(C(NC)C2CCC(C(C)(C)C)CC2)cn1. The standard InChI is InChI=1S/C18H33N3/c1-6-11-21-13-15(12-20-21)17(19-5)14-7-9-16(10-8-14)18(2,3)4/h12-14,16-17,19H,6-11H2,1-5H3. The summed E-state index contributed by atoms with van der Waals surface area (Å²) in [6, 6.07) is 0.469. The van der Waals surface area contributed by atoms with Crippen LogP contribution in [-0.4, -0.2) is 16.8 Å². The molecule has 120 valence electrons. The predicted octanol–water partition coefficient (Wildman–Crippen LogP) is 4.41. The second-order valence-electron chi connectivity index (χ2n) is 7.78. The highest BCUT2D eigenvalue weighted by molar-refractivity contribution is 5.12. The van der Waals surface area contributed by atoms with E-state index in [0.717, 1.165) is 24.8 Å². The highest BCUT2D eigenvalue weighted by atomic mass is 15.3. The summed E-state index contributed by atoms with van der Waals surface area (Å²) in [5.74, 6) is 1.64. The molecule has 0 aromatic carbocycles. The maximum Gasteiger partial charge on any atom is 0.0537 e. The number of hydrogen-bond donors (Lipinski definition) is 1. The summed E-state index contributed by atoms with van der Waals surface area (Å²) in [5.41, 5.74) is 1.83. The fraction of sp³-hybridized carbons (Fsp3) is 0.833. The Morgan fingerprint density at radius 2 is 1.95 bits per heavy atom. The number of nitrogens with zero attached hydrogens (tertiary/aromatic N) is 2. The molecule has 0 spiro atoms. The van der Waals surface area contributed by atoms with Crippen LogP contribution < -0.4 is 5.32 Å². The molecule has 0 bridgehead atoms. The van der Waals surface area contributed by atoms with E-state index < -0.39 is 0 Å². The zero-order valence-corrected chi connectivity index (χ0v) is 14.5. The third-order valence-corrected chi connectivity index (χ3v) is 5.24. The molecular formula is C18H33N3. The van der Waals surface area contributed by atoms with E-state index in [4.69, 9.17) is 0 Å². The van der Waals surface area contributed by atoms with Crippen molar-refractivity contribution in [1.82, 2.24) is 15.1 Å². The smallest absolute Gasteiger partial charge is 0.0537 e. The van der Waals surface area contributed by atoms with E-state index in [1.54, 1.807) is 0 Å². The summed E-state index contributed by atoms with van der Waals surface area (Å²) in [6.07, 6.45) is 10.9. The van der Waals surface area contributed by atoms with Gasteiger partial charge in [0.25, 0.3) is 0 Å². The van der Waals surface area contributed by atoms with Crippen molar-refractivity contribution in [2.75, 3.05) is 7.05 Å². The maximum atomic E-state index is 4.50. The van der Waals surface area contributed by atoms with E-state index in [0.29, 0.717) is 11.5 Å². The normalized spacial score (nSPS) is 25.0. The van der Waals surface area contributed by atoms with Crippen molar-refractivity contribution in [1.29, 1.82) is 0 Å². The quantitative estimate of drug-likeness (QED) is 0.871. The number of rotatable bonds is 5. The van der Waals surface area contributed by atoms with Gasteiger partial charge in [-0.3, -0.25) is 4.68 Å². The first kappa shape index (κ1) is 16.5. The van der Waals surface area contributed by atoms with Crippen LogP contribution in [0.25, 0.3) is 0 Å². The molecule has 1 atom stereocenters. The van der Waals surface area contributed by atoms with Gasteiger partial charge in [-0.05, 0) is 56.4 Å². The molecule has 1 saturated carbocycles.